The van der Waals surface area contributed by atoms with Crippen LogP contribution in [0.4, 0.5) is 5.69 Å². The van der Waals surface area contributed by atoms with Gasteiger partial charge in [-0.2, -0.15) is 0 Å². The number of anilines is 1. The average molecular weight is 376 g/mol. The van der Waals surface area contributed by atoms with Crippen LogP contribution in [0.3, 0.4) is 0 Å². The van der Waals surface area contributed by atoms with Gasteiger partial charge in [-0.15, -0.1) is 0 Å². The minimum Gasteiger partial charge on any atom is -0.478 e. The van der Waals surface area contributed by atoms with Gasteiger partial charge in [-0.25, -0.2) is 4.79 Å². The van der Waals surface area contributed by atoms with Gasteiger partial charge in [-0.1, -0.05) is 0 Å². The molecule has 1 amide bonds. The Morgan fingerprint density at radius 2 is 2.26 bits per heavy atom. The molecule has 1 heterocycles. The van der Waals surface area contributed by atoms with Crippen LogP contribution in [0.25, 0.3) is 0 Å². The van der Waals surface area contributed by atoms with Crippen LogP contribution < -0.4 is 10.6 Å². The third-order valence-electron chi connectivity index (χ3n) is 2.71. The van der Waals surface area contributed by atoms with E-state index < -0.39 is 12.0 Å². The Hall–Kier alpha value is -1.19. The minimum atomic E-state index is -1.07. The van der Waals surface area contributed by atoms with Gasteiger partial charge < -0.3 is 20.5 Å². The molecule has 1 aromatic carbocycles. The Balaban J connectivity index is 2.13. The first kappa shape index (κ1) is 14.2. The van der Waals surface area contributed by atoms with Crippen molar-refractivity contribution in [3.63, 3.8) is 0 Å². The van der Waals surface area contributed by atoms with Gasteiger partial charge in [0.15, 0.2) is 0 Å². The normalized spacial score (nSPS) is 18.9. The fraction of sp³-hybridized carbons (Fsp3) is 0.333. The van der Waals surface area contributed by atoms with Gasteiger partial charge in [0.05, 0.1) is 24.5 Å². The van der Waals surface area contributed by atoms with E-state index in [9.17, 15) is 9.59 Å². The Morgan fingerprint density at radius 3 is 2.89 bits per heavy atom. The van der Waals surface area contributed by atoms with Crippen molar-refractivity contribution in [1.29, 1.82) is 0 Å². The largest absolute Gasteiger partial charge is 0.478 e. The second-order valence-corrected chi connectivity index (χ2v) is 5.31. The summed E-state index contributed by atoms with van der Waals surface area (Å²) in [5, 5.41) is 14.8. The summed E-state index contributed by atoms with van der Waals surface area (Å²) in [7, 11) is 0. The first-order chi connectivity index (χ1) is 9.08. The smallest absolute Gasteiger partial charge is 0.337 e. The van der Waals surface area contributed by atoms with Crippen LogP contribution in [0.2, 0.25) is 0 Å². The van der Waals surface area contributed by atoms with Crippen molar-refractivity contribution in [1.82, 2.24) is 5.32 Å². The molecule has 1 saturated heterocycles. The molecule has 0 aromatic heterocycles. The second kappa shape index (κ2) is 6.31. The number of halogens is 1. The molecule has 0 bridgehead atoms. The molecule has 0 saturated carbocycles. The number of amides is 1. The highest BCUT2D eigenvalue weighted by Gasteiger charge is 2.22. The van der Waals surface area contributed by atoms with Crippen LogP contribution in [-0.4, -0.2) is 42.8 Å². The van der Waals surface area contributed by atoms with Crippen LogP contribution in [0.1, 0.15) is 10.4 Å². The molecule has 19 heavy (non-hydrogen) atoms. The van der Waals surface area contributed by atoms with Crippen molar-refractivity contribution < 1.29 is 19.4 Å². The van der Waals surface area contributed by atoms with E-state index >= 15 is 0 Å². The summed E-state index contributed by atoms with van der Waals surface area (Å²) in [6.07, 6.45) is 0. The molecule has 1 aromatic rings. The zero-order chi connectivity index (χ0) is 13.8. The fourth-order valence-corrected chi connectivity index (χ4v) is 2.25. The van der Waals surface area contributed by atoms with Gasteiger partial charge in [0.2, 0.25) is 5.91 Å². The highest BCUT2D eigenvalue weighted by molar-refractivity contribution is 14.1. The number of ether oxygens (including phenoxy) is 1. The quantitative estimate of drug-likeness (QED) is 0.683. The number of hydrogen-bond donors (Lipinski definition) is 3. The van der Waals surface area contributed by atoms with E-state index in [0.29, 0.717) is 25.4 Å². The average Bonchev–Trinajstić information content (AvgIpc) is 2.41. The highest BCUT2D eigenvalue weighted by Crippen LogP contribution is 2.19. The molecule has 1 unspecified atom stereocenters. The van der Waals surface area contributed by atoms with Crippen LogP contribution in [-0.2, 0) is 9.53 Å². The Labute approximate surface area is 123 Å². The van der Waals surface area contributed by atoms with E-state index in [4.69, 9.17) is 9.84 Å². The predicted molar refractivity (Wildman–Crippen MR) is 77.4 cm³/mol. The van der Waals surface area contributed by atoms with Gasteiger partial charge in [0.1, 0.15) is 6.04 Å². The highest BCUT2D eigenvalue weighted by atomic mass is 127. The summed E-state index contributed by atoms with van der Waals surface area (Å²) < 4.78 is 6.00. The standard InChI is InChI=1S/C12H13IN2O4/c13-7-1-2-9(8(5-7)12(17)18)15-11(16)10-6-19-4-3-14-10/h1-2,5,10,14H,3-4,6H2,(H,15,16)(H,17,18). The maximum absolute atomic E-state index is 12.0. The molecule has 1 atom stereocenters. The molecule has 1 aliphatic rings. The molecule has 0 spiro atoms. The Morgan fingerprint density at radius 1 is 1.47 bits per heavy atom. The monoisotopic (exact) mass is 376 g/mol. The Bertz CT molecular complexity index is 501. The van der Waals surface area contributed by atoms with Gasteiger partial charge >= 0.3 is 5.97 Å². The van der Waals surface area contributed by atoms with Gasteiger partial charge in [-0.3, -0.25) is 4.79 Å². The van der Waals surface area contributed by atoms with Crippen LogP contribution in [0, 0.1) is 3.57 Å². The van der Waals surface area contributed by atoms with E-state index in [1.165, 1.54) is 6.07 Å². The number of morpholine rings is 1. The summed E-state index contributed by atoms with van der Waals surface area (Å²) in [6, 6.07) is 4.40. The lowest BCUT2D eigenvalue weighted by molar-refractivity contribution is -0.120. The van der Waals surface area contributed by atoms with E-state index in [-0.39, 0.29) is 11.5 Å². The molecule has 0 aliphatic carbocycles. The maximum atomic E-state index is 12.0. The number of benzene rings is 1. The van der Waals surface area contributed by atoms with Crippen molar-refractivity contribution in [2.45, 2.75) is 6.04 Å². The third kappa shape index (κ3) is 3.64. The number of carboxylic acid groups (broad SMARTS) is 1. The summed E-state index contributed by atoms with van der Waals surface area (Å²) in [5.41, 5.74) is 0.377. The summed E-state index contributed by atoms with van der Waals surface area (Å²) in [4.78, 5) is 23.1. The molecule has 3 N–H and O–H groups in total. The molecule has 1 aliphatic heterocycles. The lowest BCUT2D eigenvalue weighted by Crippen LogP contribution is -2.49. The second-order valence-electron chi connectivity index (χ2n) is 4.07. The lowest BCUT2D eigenvalue weighted by Gasteiger charge is -2.23. The van der Waals surface area contributed by atoms with Crippen LogP contribution >= 0.6 is 22.6 Å². The summed E-state index contributed by atoms with van der Waals surface area (Å²) in [5.74, 6) is -1.36. The maximum Gasteiger partial charge on any atom is 0.337 e. The minimum absolute atomic E-state index is 0.0805. The fourth-order valence-electron chi connectivity index (χ4n) is 1.76. The van der Waals surface area contributed by atoms with Gasteiger partial charge in [-0.05, 0) is 40.8 Å². The van der Waals surface area contributed by atoms with E-state index in [2.05, 4.69) is 10.6 Å². The SMILES string of the molecule is O=C(O)c1cc(I)ccc1NC(=O)C1COCCN1. The lowest BCUT2D eigenvalue weighted by atomic mass is 10.1. The van der Waals surface area contributed by atoms with Crippen LogP contribution in [0.5, 0.6) is 0 Å². The first-order valence-electron chi connectivity index (χ1n) is 5.73. The van der Waals surface area contributed by atoms with Crippen LogP contribution in [0.15, 0.2) is 18.2 Å². The topological polar surface area (TPSA) is 87.7 Å². The summed E-state index contributed by atoms with van der Waals surface area (Å²) in [6.45, 7) is 1.48. The van der Waals surface area contributed by atoms with E-state index in [0.717, 1.165) is 3.57 Å². The predicted octanol–water partition coefficient (Wildman–Crippen LogP) is 0.916. The zero-order valence-electron chi connectivity index (χ0n) is 9.98. The van der Waals surface area contributed by atoms with Crippen molar-refractivity contribution in [2.24, 2.45) is 0 Å². The molecule has 7 heteroatoms. The van der Waals surface area contributed by atoms with Crippen molar-refractivity contribution in [3.05, 3.63) is 27.3 Å². The molecule has 6 nitrogen and oxygen atoms in total. The number of carboxylic acids is 1. The van der Waals surface area contributed by atoms with Crippen molar-refractivity contribution in [3.8, 4) is 0 Å². The first-order valence-corrected chi connectivity index (χ1v) is 6.80. The van der Waals surface area contributed by atoms with Gasteiger partial charge in [0.25, 0.3) is 0 Å². The number of aromatic carboxylic acids is 1. The number of carbonyl (C=O) groups excluding carboxylic acids is 1. The Kier molecular flexibility index (Phi) is 4.72. The molecular formula is C12H13IN2O4. The van der Waals surface area contributed by atoms with Crippen molar-refractivity contribution >= 4 is 40.2 Å². The molecule has 1 fully saturated rings. The molecule has 0 radical (unpaired) electrons. The number of nitrogens with one attached hydrogen (secondary N) is 2. The van der Waals surface area contributed by atoms with Crippen molar-refractivity contribution in [2.75, 3.05) is 25.1 Å². The van der Waals surface area contributed by atoms with E-state index in [1.54, 1.807) is 12.1 Å². The third-order valence-corrected chi connectivity index (χ3v) is 3.38. The number of rotatable bonds is 3. The summed E-state index contributed by atoms with van der Waals surface area (Å²) >= 11 is 2.02. The zero-order valence-corrected chi connectivity index (χ0v) is 12.1. The number of carbonyl (C=O) groups is 2. The molecule has 2 rings (SSSR count). The van der Waals surface area contributed by atoms with Gasteiger partial charge in [0, 0.05) is 10.1 Å². The molecule has 102 valence electrons. The molecular weight excluding hydrogens is 363 g/mol. The van der Waals surface area contributed by atoms with E-state index in [1.807, 2.05) is 22.6 Å². The number of hydrogen-bond acceptors (Lipinski definition) is 4.